The van der Waals surface area contributed by atoms with Crippen LogP contribution in [-0.2, 0) is 9.53 Å². The van der Waals surface area contributed by atoms with Crippen LogP contribution >= 0.6 is 11.6 Å². The Bertz CT molecular complexity index is 985. The van der Waals surface area contributed by atoms with E-state index in [4.69, 9.17) is 21.1 Å². The van der Waals surface area contributed by atoms with Crippen LogP contribution in [-0.4, -0.2) is 37.2 Å². The molecule has 0 bridgehead atoms. The van der Waals surface area contributed by atoms with Crippen molar-refractivity contribution in [2.24, 2.45) is 0 Å². The number of amides is 2. The summed E-state index contributed by atoms with van der Waals surface area (Å²) in [6.45, 7) is 5.99. The highest BCUT2D eigenvalue weighted by Crippen LogP contribution is 2.32. The van der Waals surface area contributed by atoms with Gasteiger partial charge < -0.3 is 14.8 Å². The van der Waals surface area contributed by atoms with Crippen molar-refractivity contribution in [1.29, 1.82) is 0 Å². The Morgan fingerprint density at radius 2 is 1.87 bits per heavy atom. The van der Waals surface area contributed by atoms with E-state index < -0.39 is 12.0 Å². The Morgan fingerprint density at radius 1 is 1.17 bits per heavy atom. The number of benzene rings is 2. The number of esters is 1. The van der Waals surface area contributed by atoms with Crippen molar-refractivity contribution in [3.63, 3.8) is 0 Å². The zero-order chi connectivity index (χ0) is 21.8. The summed E-state index contributed by atoms with van der Waals surface area (Å²) in [6, 6.07) is 11.8. The third-order valence-corrected chi connectivity index (χ3v) is 5.45. The Labute approximate surface area is 181 Å². The maximum Gasteiger partial charge on any atom is 0.338 e. The smallest absolute Gasteiger partial charge is 0.338 e. The number of carbonyl (C=O) groups excluding carboxylic acids is 2. The molecule has 1 aliphatic rings. The Kier molecular flexibility index (Phi) is 6.67. The molecule has 30 heavy (non-hydrogen) atoms. The molecule has 0 aliphatic carbocycles. The van der Waals surface area contributed by atoms with Gasteiger partial charge in [-0.1, -0.05) is 35.9 Å². The van der Waals surface area contributed by atoms with Gasteiger partial charge in [0.1, 0.15) is 12.4 Å². The summed E-state index contributed by atoms with van der Waals surface area (Å²) in [4.78, 5) is 27.0. The fourth-order valence-electron chi connectivity index (χ4n) is 3.31. The standard InChI is InChI=1S/C23H25ClN2O4/c1-5-29-22(27)20-18(13-30-19-8-6-7-14(2)15(19)3)26(4)23(28)25-21(20)16-9-11-17(24)12-10-16/h6-12,21H,5,13H2,1-4H3,(H,25,28). The second-order valence-corrected chi connectivity index (χ2v) is 7.50. The highest BCUT2D eigenvalue weighted by molar-refractivity contribution is 6.30. The van der Waals surface area contributed by atoms with Gasteiger partial charge in [0.05, 0.1) is 23.9 Å². The van der Waals surface area contributed by atoms with E-state index in [0.717, 1.165) is 16.7 Å². The van der Waals surface area contributed by atoms with Crippen LogP contribution < -0.4 is 10.1 Å². The molecule has 1 atom stereocenters. The molecule has 158 valence electrons. The highest BCUT2D eigenvalue weighted by atomic mass is 35.5. The molecule has 0 fully saturated rings. The van der Waals surface area contributed by atoms with Gasteiger partial charge >= 0.3 is 12.0 Å². The molecule has 3 rings (SSSR count). The van der Waals surface area contributed by atoms with Gasteiger partial charge in [0.25, 0.3) is 0 Å². The van der Waals surface area contributed by atoms with E-state index in [0.29, 0.717) is 22.0 Å². The lowest BCUT2D eigenvalue weighted by Crippen LogP contribution is -2.48. The van der Waals surface area contributed by atoms with E-state index in [1.165, 1.54) is 4.90 Å². The average Bonchev–Trinajstić information content (AvgIpc) is 2.72. The van der Waals surface area contributed by atoms with E-state index in [-0.39, 0.29) is 19.2 Å². The monoisotopic (exact) mass is 428 g/mol. The van der Waals surface area contributed by atoms with Gasteiger partial charge in [-0.05, 0) is 55.7 Å². The minimum Gasteiger partial charge on any atom is -0.487 e. The van der Waals surface area contributed by atoms with E-state index in [2.05, 4.69) is 5.32 Å². The van der Waals surface area contributed by atoms with Crippen LogP contribution in [0.2, 0.25) is 5.02 Å². The summed E-state index contributed by atoms with van der Waals surface area (Å²) >= 11 is 6.01. The number of aryl methyl sites for hydroxylation is 1. The molecule has 7 heteroatoms. The SMILES string of the molecule is CCOC(=O)C1=C(COc2cccc(C)c2C)N(C)C(=O)NC1c1ccc(Cl)cc1. The highest BCUT2D eigenvalue weighted by Gasteiger charge is 2.37. The topological polar surface area (TPSA) is 67.9 Å². The van der Waals surface area contributed by atoms with Crippen molar-refractivity contribution in [3.8, 4) is 5.75 Å². The van der Waals surface area contributed by atoms with Crippen LogP contribution in [0.15, 0.2) is 53.7 Å². The van der Waals surface area contributed by atoms with Gasteiger partial charge in [0.15, 0.2) is 0 Å². The molecular formula is C23H25ClN2O4. The van der Waals surface area contributed by atoms with Gasteiger partial charge in [0.2, 0.25) is 0 Å². The zero-order valence-electron chi connectivity index (χ0n) is 17.5. The summed E-state index contributed by atoms with van der Waals surface area (Å²) in [7, 11) is 1.61. The fourth-order valence-corrected chi connectivity index (χ4v) is 3.44. The number of ether oxygens (including phenoxy) is 2. The molecule has 0 aromatic heterocycles. The first kappa shape index (κ1) is 21.7. The third kappa shape index (κ3) is 4.44. The molecule has 2 amide bonds. The molecular weight excluding hydrogens is 404 g/mol. The van der Waals surface area contributed by atoms with E-state index >= 15 is 0 Å². The Morgan fingerprint density at radius 3 is 2.53 bits per heavy atom. The van der Waals surface area contributed by atoms with Crippen LogP contribution in [0, 0.1) is 13.8 Å². The first-order valence-corrected chi connectivity index (χ1v) is 10.1. The van der Waals surface area contributed by atoms with E-state index in [9.17, 15) is 9.59 Å². The normalized spacial score (nSPS) is 16.4. The largest absolute Gasteiger partial charge is 0.487 e. The molecule has 0 saturated carbocycles. The van der Waals surface area contributed by atoms with Gasteiger partial charge in [-0.15, -0.1) is 0 Å². The number of halogens is 1. The summed E-state index contributed by atoms with van der Waals surface area (Å²) in [5.41, 5.74) is 3.63. The van der Waals surface area contributed by atoms with E-state index in [1.807, 2.05) is 32.0 Å². The number of rotatable bonds is 6. The average molecular weight is 429 g/mol. The second kappa shape index (κ2) is 9.22. The number of likely N-dealkylation sites (N-methyl/N-ethyl adjacent to an activating group) is 1. The number of hydrogen-bond donors (Lipinski definition) is 1. The molecule has 1 unspecified atom stereocenters. The van der Waals surface area contributed by atoms with Crippen LogP contribution in [0.4, 0.5) is 4.79 Å². The van der Waals surface area contributed by atoms with Gasteiger partial charge in [-0.2, -0.15) is 0 Å². The fraction of sp³-hybridized carbons (Fsp3) is 0.304. The maximum atomic E-state index is 12.9. The summed E-state index contributed by atoms with van der Waals surface area (Å²) < 4.78 is 11.3. The van der Waals surface area contributed by atoms with E-state index in [1.54, 1.807) is 38.2 Å². The first-order chi connectivity index (χ1) is 14.3. The van der Waals surface area contributed by atoms with Crippen LogP contribution in [0.1, 0.15) is 29.7 Å². The summed E-state index contributed by atoms with van der Waals surface area (Å²) in [5.74, 6) is 0.206. The van der Waals surface area contributed by atoms with Crippen molar-refractivity contribution >= 4 is 23.6 Å². The minimum absolute atomic E-state index is 0.0481. The van der Waals surface area contributed by atoms with Crippen LogP contribution in [0.5, 0.6) is 5.75 Å². The molecule has 0 saturated heterocycles. The minimum atomic E-state index is -0.665. The van der Waals surface area contributed by atoms with Gasteiger partial charge in [-0.3, -0.25) is 4.90 Å². The third-order valence-electron chi connectivity index (χ3n) is 5.19. The predicted molar refractivity (Wildman–Crippen MR) is 116 cm³/mol. The molecule has 1 heterocycles. The lowest BCUT2D eigenvalue weighted by atomic mass is 9.95. The number of nitrogens with one attached hydrogen (secondary N) is 1. The molecule has 0 radical (unpaired) electrons. The number of urea groups is 1. The molecule has 6 nitrogen and oxygen atoms in total. The van der Waals surface area contributed by atoms with Gasteiger partial charge in [-0.25, -0.2) is 9.59 Å². The lowest BCUT2D eigenvalue weighted by Gasteiger charge is -2.34. The van der Waals surface area contributed by atoms with Crippen LogP contribution in [0.25, 0.3) is 0 Å². The molecule has 2 aromatic carbocycles. The summed E-state index contributed by atoms with van der Waals surface area (Å²) in [5, 5.41) is 3.44. The maximum absolute atomic E-state index is 12.9. The van der Waals surface area contributed by atoms with Crippen molar-refractivity contribution in [1.82, 2.24) is 10.2 Å². The summed E-state index contributed by atoms with van der Waals surface area (Å²) in [6.07, 6.45) is 0. The first-order valence-electron chi connectivity index (χ1n) is 9.72. The molecule has 0 spiro atoms. The Hall–Kier alpha value is -2.99. The number of nitrogens with zero attached hydrogens (tertiary/aromatic N) is 1. The number of carbonyl (C=O) groups is 2. The van der Waals surface area contributed by atoms with Gasteiger partial charge in [0, 0.05) is 12.1 Å². The van der Waals surface area contributed by atoms with Crippen molar-refractivity contribution in [2.75, 3.05) is 20.3 Å². The lowest BCUT2D eigenvalue weighted by molar-refractivity contribution is -0.139. The molecule has 1 N–H and O–H groups in total. The van der Waals surface area contributed by atoms with Crippen molar-refractivity contribution < 1.29 is 19.1 Å². The van der Waals surface area contributed by atoms with Crippen LogP contribution in [0.3, 0.4) is 0 Å². The Balaban J connectivity index is 2.04. The van der Waals surface area contributed by atoms with Crippen molar-refractivity contribution in [3.05, 3.63) is 75.4 Å². The van der Waals surface area contributed by atoms with Crippen molar-refractivity contribution in [2.45, 2.75) is 26.8 Å². The predicted octanol–water partition coefficient (Wildman–Crippen LogP) is 4.55. The zero-order valence-corrected chi connectivity index (χ0v) is 18.2. The molecule has 2 aromatic rings. The quantitative estimate of drug-likeness (QED) is 0.685. The number of hydrogen-bond acceptors (Lipinski definition) is 4. The second-order valence-electron chi connectivity index (χ2n) is 7.06. The molecule has 1 aliphatic heterocycles.